The number of rotatable bonds is 7. The van der Waals surface area contributed by atoms with Gasteiger partial charge in [0.2, 0.25) is 10.0 Å². The molecule has 0 bridgehead atoms. The zero-order valence-electron chi connectivity index (χ0n) is 16.0. The third-order valence-corrected chi connectivity index (χ3v) is 7.07. The Hall–Kier alpha value is -2.29. The fraction of sp³-hybridized carbons (Fsp3) is 0.400. The highest BCUT2D eigenvalue weighted by atomic mass is 32.2. The smallest absolute Gasteiger partial charge is 0.278 e. The molecule has 1 aliphatic rings. The molecule has 1 aliphatic heterocycles. The van der Waals surface area contributed by atoms with E-state index in [1.807, 2.05) is 12.1 Å². The number of hydrogen-bond donors (Lipinski definition) is 1. The third kappa shape index (κ3) is 4.57. The van der Waals surface area contributed by atoms with E-state index < -0.39 is 10.0 Å². The summed E-state index contributed by atoms with van der Waals surface area (Å²) >= 11 is 0. The molecule has 3 rings (SSSR count). The van der Waals surface area contributed by atoms with Gasteiger partial charge in [0, 0.05) is 6.07 Å². The van der Waals surface area contributed by atoms with Gasteiger partial charge in [-0.25, -0.2) is 8.42 Å². The number of para-hydroxylation sites is 1. The van der Waals surface area contributed by atoms with Gasteiger partial charge in [-0.2, -0.15) is 4.31 Å². The molecule has 0 aromatic heterocycles. The van der Waals surface area contributed by atoms with Gasteiger partial charge in [-0.05, 0) is 30.2 Å². The molecule has 150 valence electrons. The molecule has 7 nitrogen and oxygen atoms in total. The molecule has 0 amide bonds. The van der Waals surface area contributed by atoms with Crippen molar-refractivity contribution in [3.63, 3.8) is 0 Å². The van der Waals surface area contributed by atoms with Gasteiger partial charge in [-0.3, -0.25) is 10.1 Å². The number of nitrogens with one attached hydrogen (secondary N) is 1. The van der Waals surface area contributed by atoms with Gasteiger partial charge in [0.05, 0.1) is 41.6 Å². The molecule has 2 aromatic rings. The largest absolute Gasteiger partial charge is 0.329 e. The van der Waals surface area contributed by atoms with Crippen LogP contribution in [-0.2, 0) is 23.0 Å². The van der Waals surface area contributed by atoms with E-state index in [4.69, 9.17) is 0 Å². The molecular formula is C20H26N3O4S+. The van der Waals surface area contributed by atoms with Crippen molar-refractivity contribution >= 4 is 15.7 Å². The van der Waals surface area contributed by atoms with E-state index in [9.17, 15) is 18.5 Å². The van der Waals surface area contributed by atoms with Crippen LogP contribution in [0.4, 0.5) is 5.69 Å². The van der Waals surface area contributed by atoms with Crippen LogP contribution in [0.25, 0.3) is 0 Å². The summed E-state index contributed by atoms with van der Waals surface area (Å²) in [6, 6.07) is 13.9. The van der Waals surface area contributed by atoms with Gasteiger partial charge >= 0.3 is 0 Å². The SMILES string of the molecule is CCCc1ccc(S(=O)(=O)N2CC[NH+](Cc3ccccc3[N+](=O)[O-])CC2)cc1. The molecule has 2 aromatic carbocycles. The van der Waals surface area contributed by atoms with Crippen molar-refractivity contribution in [2.24, 2.45) is 0 Å². The highest BCUT2D eigenvalue weighted by Crippen LogP contribution is 2.18. The van der Waals surface area contributed by atoms with Crippen molar-refractivity contribution in [3.05, 3.63) is 69.8 Å². The summed E-state index contributed by atoms with van der Waals surface area (Å²) in [6.45, 7) is 4.69. The number of sulfonamides is 1. The van der Waals surface area contributed by atoms with Gasteiger partial charge in [0.1, 0.15) is 6.54 Å². The molecule has 8 heteroatoms. The quantitative estimate of drug-likeness (QED) is 0.562. The normalized spacial score (nSPS) is 16.2. The fourth-order valence-corrected chi connectivity index (χ4v) is 5.03. The molecule has 1 saturated heterocycles. The van der Waals surface area contributed by atoms with Crippen LogP contribution in [0.2, 0.25) is 0 Å². The second-order valence-electron chi connectivity index (χ2n) is 7.11. The minimum atomic E-state index is -3.50. The molecule has 1 heterocycles. The van der Waals surface area contributed by atoms with Crippen molar-refractivity contribution in [2.45, 2.75) is 31.2 Å². The molecule has 0 saturated carbocycles. The predicted molar refractivity (Wildman–Crippen MR) is 107 cm³/mol. The Morgan fingerprint density at radius 2 is 1.71 bits per heavy atom. The van der Waals surface area contributed by atoms with Crippen molar-refractivity contribution in [1.82, 2.24) is 4.31 Å². The van der Waals surface area contributed by atoms with Crippen LogP contribution in [0.5, 0.6) is 0 Å². The Morgan fingerprint density at radius 1 is 1.07 bits per heavy atom. The summed E-state index contributed by atoms with van der Waals surface area (Å²) in [7, 11) is -3.50. The lowest BCUT2D eigenvalue weighted by Gasteiger charge is -2.31. The van der Waals surface area contributed by atoms with E-state index in [0.29, 0.717) is 43.2 Å². The molecule has 0 aliphatic carbocycles. The lowest BCUT2D eigenvalue weighted by atomic mass is 10.1. The third-order valence-electron chi connectivity index (χ3n) is 5.16. The Balaban J connectivity index is 1.64. The second kappa shape index (κ2) is 8.81. The number of hydrogen-bond acceptors (Lipinski definition) is 4. The Labute approximate surface area is 165 Å². The standard InChI is InChI=1S/C20H25N3O4S/c1-2-5-17-8-10-19(11-9-17)28(26,27)22-14-12-21(13-15-22)16-18-6-3-4-7-20(18)23(24)25/h3-4,6-11H,2,5,12-16H2,1H3/p+1. The van der Waals surface area contributed by atoms with Crippen LogP contribution in [0.3, 0.4) is 0 Å². The highest BCUT2D eigenvalue weighted by molar-refractivity contribution is 7.89. The number of benzene rings is 2. The van der Waals surface area contributed by atoms with Gasteiger partial charge in [0.15, 0.2) is 0 Å². The number of nitrogens with zero attached hydrogens (tertiary/aromatic N) is 2. The topological polar surface area (TPSA) is 85.0 Å². The lowest BCUT2D eigenvalue weighted by molar-refractivity contribution is -0.917. The van der Waals surface area contributed by atoms with E-state index in [2.05, 4.69) is 6.92 Å². The summed E-state index contributed by atoms with van der Waals surface area (Å²) in [4.78, 5) is 12.3. The first-order valence-corrected chi connectivity index (χ1v) is 11.0. The van der Waals surface area contributed by atoms with E-state index in [1.165, 1.54) is 10.4 Å². The van der Waals surface area contributed by atoms with Crippen LogP contribution in [0.15, 0.2) is 53.4 Å². The number of nitro groups is 1. The van der Waals surface area contributed by atoms with Crippen molar-refractivity contribution < 1.29 is 18.2 Å². The molecule has 1 fully saturated rings. The average molecular weight is 405 g/mol. The number of aryl methyl sites for hydroxylation is 1. The van der Waals surface area contributed by atoms with Gasteiger partial charge in [0.25, 0.3) is 5.69 Å². The van der Waals surface area contributed by atoms with Crippen LogP contribution in [-0.4, -0.2) is 43.8 Å². The van der Waals surface area contributed by atoms with Crippen LogP contribution >= 0.6 is 0 Å². The lowest BCUT2D eigenvalue weighted by Crippen LogP contribution is -3.13. The minimum absolute atomic E-state index is 0.122. The summed E-state index contributed by atoms with van der Waals surface area (Å²) in [5.74, 6) is 0. The Bertz CT molecular complexity index is 921. The Kier molecular flexibility index (Phi) is 6.43. The molecular weight excluding hydrogens is 378 g/mol. The van der Waals surface area contributed by atoms with Gasteiger partial charge in [-0.1, -0.05) is 37.6 Å². The zero-order chi connectivity index (χ0) is 20.1. The fourth-order valence-electron chi connectivity index (χ4n) is 3.59. The molecule has 0 atom stereocenters. The van der Waals surface area contributed by atoms with E-state index >= 15 is 0 Å². The monoisotopic (exact) mass is 404 g/mol. The highest BCUT2D eigenvalue weighted by Gasteiger charge is 2.31. The van der Waals surface area contributed by atoms with Crippen LogP contribution in [0, 0.1) is 10.1 Å². The van der Waals surface area contributed by atoms with E-state index in [1.54, 1.807) is 30.3 Å². The first-order chi connectivity index (χ1) is 13.4. The summed E-state index contributed by atoms with van der Waals surface area (Å²) in [5.41, 5.74) is 1.95. The number of piperazine rings is 1. The first kappa shape index (κ1) is 20.4. The maximum atomic E-state index is 12.9. The number of nitro benzene ring substituents is 1. The summed E-state index contributed by atoms with van der Waals surface area (Å²) in [5, 5.41) is 11.2. The summed E-state index contributed by atoms with van der Waals surface area (Å²) < 4.78 is 27.3. The summed E-state index contributed by atoms with van der Waals surface area (Å²) in [6.07, 6.45) is 1.96. The predicted octanol–water partition coefficient (Wildman–Crippen LogP) is 1.64. The minimum Gasteiger partial charge on any atom is -0.329 e. The molecule has 1 N–H and O–H groups in total. The average Bonchev–Trinajstić information content (AvgIpc) is 2.69. The van der Waals surface area contributed by atoms with Crippen LogP contribution in [0.1, 0.15) is 24.5 Å². The van der Waals surface area contributed by atoms with Crippen LogP contribution < -0.4 is 4.90 Å². The Morgan fingerprint density at radius 3 is 2.32 bits per heavy atom. The van der Waals surface area contributed by atoms with E-state index in [0.717, 1.165) is 23.3 Å². The molecule has 0 unspecified atom stereocenters. The van der Waals surface area contributed by atoms with E-state index in [-0.39, 0.29) is 10.6 Å². The molecule has 0 radical (unpaired) electrons. The zero-order valence-corrected chi connectivity index (χ0v) is 16.8. The van der Waals surface area contributed by atoms with Crippen molar-refractivity contribution in [2.75, 3.05) is 26.2 Å². The van der Waals surface area contributed by atoms with Gasteiger partial charge < -0.3 is 4.90 Å². The molecule has 0 spiro atoms. The first-order valence-electron chi connectivity index (χ1n) is 9.56. The maximum absolute atomic E-state index is 12.9. The van der Waals surface area contributed by atoms with Crippen molar-refractivity contribution in [1.29, 1.82) is 0 Å². The van der Waals surface area contributed by atoms with Crippen molar-refractivity contribution in [3.8, 4) is 0 Å². The maximum Gasteiger partial charge on any atom is 0.278 e. The van der Waals surface area contributed by atoms with Gasteiger partial charge in [-0.15, -0.1) is 0 Å². The second-order valence-corrected chi connectivity index (χ2v) is 9.05. The number of quaternary nitrogens is 1. The molecule has 28 heavy (non-hydrogen) atoms.